The van der Waals surface area contributed by atoms with Gasteiger partial charge in [-0.1, -0.05) is 43.0 Å². The van der Waals surface area contributed by atoms with Gasteiger partial charge in [-0.25, -0.2) is 0 Å². The van der Waals surface area contributed by atoms with Crippen LogP contribution in [0, 0.1) is 6.92 Å². The number of nitrogens with one attached hydrogen (secondary N) is 2. The third-order valence-corrected chi connectivity index (χ3v) is 5.72. The average Bonchev–Trinajstić information content (AvgIpc) is 2.69. The van der Waals surface area contributed by atoms with E-state index >= 15 is 0 Å². The second-order valence-electron chi connectivity index (χ2n) is 7.22. The Bertz CT molecular complexity index is 857. The van der Waals surface area contributed by atoms with Crippen LogP contribution >= 0.6 is 11.6 Å². The summed E-state index contributed by atoms with van der Waals surface area (Å²) in [6, 6.07) is 13.0. The molecule has 1 saturated carbocycles. The van der Waals surface area contributed by atoms with Crippen molar-refractivity contribution in [3.05, 3.63) is 64.2 Å². The Morgan fingerprint density at radius 3 is 2.41 bits per heavy atom. The van der Waals surface area contributed by atoms with Crippen LogP contribution in [0.1, 0.15) is 53.6 Å². The van der Waals surface area contributed by atoms with E-state index in [1.807, 2.05) is 31.2 Å². The number of anilines is 1. The summed E-state index contributed by atoms with van der Waals surface area (Å²) < 4.78 is 0. The summed E-state index contributed by atoms with van der Waals surface area (Å²) >= 11 is 6.21. The van der Waals surface area contributed by atoms with E-state index in [2.05, 4.69) is 10.6 Å². The molecule has 2 N–H and O–H groups in total. The lowest BCUT2D eigenvalue weighted by Gasteiger charge is -2.36. The number of aryl methyl sites for hydroxylation is 1. The topological polar surface area (TPSA) is 58.2 Å². The number of carbonyl (C=O) groups excluding carboxylic acids is 2. The van der Waals surface area contributed by atoms with Crippen LogP contribution in [-0.4, -0.2) is 18.9 Å². The van der Waals surface area contributed by atoms with E-state index in [0.29, 0.717) is 10.6 Å². The standard InChI is InChI=1S/C22H25ClN2O2/c1-15-13-16(20(26)24-2)9-10-19(15)25-21(27)22(11-4-3-5-12-22)17-7-6-8-18(23)14-17/h6-10,13-14H,3-5,11-12H2,1-2H3,(H,24,26)(H,25,27). The summed E-state index contributed by atoms with van der Waals surface area (Å²) in [5, 5.41) is 6.37. The monoisotopic (exact) mass is 384 g/mol. The number of benzene rings is 2. The average molecular weight is 385 g/mol. The van der Waals surface area contributed by atoms with Gasteiger partial charge in [0, 0.05) is 23.3 Å². The molecule has 0 radical (unpaired) electrons. The minimum atomic E-state index is -0.560. The molecule has 0 aliphatic heterocycles. The molecule has 1 aliphatic carbocycles. The molecule has 0 saturated heterocycles. The van der Waals surface area contributed by atoms with Gasteiger partial charge in [-0.2, -0.15) is 0 Å². The first kappa shape index (κ1) is 19.4. The van der Waals surface area contributed by atoms with Gasteiger partial charge in [0.15, 0.2) is 0 Å². The highest BCUT2D eigenvalue weighted by molar-refractivity contribution is 6.30. The Kier molecular flexibility index (Phi) is 5.85. The largest absolute Gasteiger partial charge is 0.355 e. The molecule has 1 fully saturated rings. The van der Waals surface area contributed by atoms with Crippen LogP contribution in [0.2, 0.25) is 5.02 Å². The maximum atomic E-state index is 13.4. The zero-order chi connectivity index (χ0) is 19.4. The van der Waals surface area contributed by atoms with Crippen molar-refractivity contribution in [1.82, 2.24) is 5.32 Å². The fraction of sp³-hybridized carbons (Fsp3) is 0.364. The van der Waals surface area contributed by atoms with E-state index in [0.717, 1.165) is 48.9 Å². The third kappa shape index (κ3) is 4.01. The molecular formula is C22H25ClN2O2. The van der Waals surface area contributed by atoms with Crippen molar-refractivity contribution >= 4 is 29.1 Å². The molecule has 0 atom stereocenters. The van der Waals surface area contributed by atoms with Gasteiger partial charge in [0.25, 0.3) is 5.91 Å². The fourth-order valence-electron chi connectivity index (χ4n) is 3.92. The van der Waals surface area contributed by atoms with Crippen LogP contribution < -0.4 is 10.6 Å². The minimum Gasteiger partial charge on any atom is -0.355 e. The lowest BCUT2D eigenvalue weighted by atomic mass is 9.68. The predicted octanol–water partition coefficient (Wildman–Crippen LogP) is 4.85. The molecule has 3 rings (SSSR count). The lowest BCUT2D eigenvalue weighted by Crippen LogP contribution is -2.42. The molecule has 4 nitrogen and oxygen atoms in total. The van der Waals surface area contributed by atoms with Crippen LogP contribution in [0.15, 0.2) is 42.5 Å². The maximum Gasteiger partial charge on any atom is 0.251 e. The van der Waals surface area contributed by atoms with E-state index in [9.17, 15) is 9.59 Å². The summed E-state index contributed by atoms with van der Waals surface area (Å²) in [5.74, 6) is -0.140. The van der Waals surface area contributed by atoms with Crippen molar-refractivity contribution in [2.24, 2.45) is 0 Å². The van der Waals surface area contributed by atoms with Gasteiger partial charge in [0.2, 0.25) is 5.91 Å². The highest BCUT2D eigenvalue weighted by Gasteiger charge is 2.41. The summed E-state index contributed by atoms with van der Waals surface area (Å²) in [6.45, 7) is 1.90. The third-order valence-electron chi connectivity index (χ3n) is 5.48. The number of halogens is 1. The van der Waals surface area contributed by atoms with E-state index in [4.69, 9.17) is 11.6 Å². The normalized spacial score (nSPS) is 15.8. The quantitative estimate of drug-likeness (QED) is 0.791. The zero-order valence-corrected chi connectivity index (χ0v) is 16.5. The van der Waals surface area contributed by atoms with Crippen molar-refractivity contribution in [2.75, 3.05) is 12.4 Å². The fourth-order valence-corrected chi connectivity index (χ4v) is 4.11. The molecular weight excluding hydrogens is 360 g/mol. The highest BCUT2D eigenvalue weighted by Crippen LogP contribution is 2.41. The van der Waals surface area contributed by atoms with Gasteiger partial charge in [-0.15, -0.1) is 0 Å². The maximum absolute atomic E-state index is 13.4. The molecule has 1 aliphatic rings. The molecule has 0 heterocycles. The number of hydrogen-bond donors (Lipinski definition) is 2. The van der Waals surface area contributed by atoms with Gasteiger partial charge in [-0.05, 0) is 61.2 Å². The molecule has 0 spiro atoms. The highest BCUT2D eigenvalue weighted by atomic mass is 35.5. The molecule has 27 heavy (non-hydrogen) atoms. The SMILES string of the molecule is CNC(=O)c1ccc(NC(=O)C2(c3cccc(Cl)c3)CCCCC2)c(C)c1. The Hall–Kier alpha value is -2.33. The van der Waals surface area contributed by atoms with E-state index in [-0.39, 0.29) is 11.8 Å². The first-order valence-corrected chi connectivity index (χ1v) is 9.74. The number of rotatable bonds is 4. The van der Waals surface area contributed by atoms with Crippen molar-refractivity contribution < 1.29 is 9.59 Å². The van der Waals surface area contributed by atoms with Gasteiger partial charge in [0.1, 0.15) is 0 Å². The minimum absolute atomic E-state index is 0.000240. The molecule has 142 valence electrons. The smallest absolute Gasteiger partial charge is 0.251 e. The van der Waals surface area contributed by atoms with Crippen molar-refractivity contribution in [3.8, 4) is 0 Å². The van der Waals surface area contributed by atoms with Crippen LogP contribution in [0.25, 0.3) is 0 Å². The van der Waals surface area contributed by atoms with Gasteiger partial charge in [0.05, 0.1) is 5.41 Å². The Morgan fingerprint density at radius 1 is 1.04 bits per heavy atom. The first-order valence-electron chi connectivity index (χ1n) is 9.36. The molecule has 2 aromatic rings. The molecule has 2 amide bonds. The molecule has 2 aromatic carbocycles. The van der Waals surface area contributed by atoms with Gasteiger partial charge < -0.3 is 10.6 Å². The number of amides is 2. The van der Waals surface area contributed by atoms with Crippen molar-refractivity contribution in [3.63, 3.8) is 0 Å². The molecule has 5 heteroatoms. The van der Waals surface area contributed by atoms with Gasteiger partial charge in [-0.3, -0.25) is 9.59 Å². The first-order chi connectivity index (χ1) is 13.0. The Balaban J connectivity index is 1.91. The Labute approximate surface area is 165 Å². The van der Waals surface area contributed by atoms with Crippen LogP contribution in [0.5, 0.6) is 0 Å². The van der Waals surface area contributed by atoms with E-state index in [1.54, 1.807) is 25.2 Å². The number of hydrogen-bond acceptors (Lipinski definition) is 2. The second-order valence-corrected chi connectivity index (χ2v) is 7.65. The summed E-state index contributed by atoms with van der Waals surface area (Å²) in [7, 11) is 1.60. The zero-order valence-electron chi connectivity index (χ0n) is 15.8. The Morgan fingerprint density at radius 2 is 1.78 bits per heavy atom. The van der Waals surface area contributed by atoms with Crippen molar-refractivity contribution in [1.29, 1.82) is 0 Å². The molecule has 0 bridgehead atoms. The van der Waals surface area contributed by atoms with Crippen LogP contribution in [-0.2, 0) is 10.2 Å². The van der Waals surface area contributed by atoms with Crippen LogP contribution in [0.3, 0.4) is 0 Å². The number of carbonyl (C=O) groups is 2. The molecule has 0 unspecified atom stereocenters. The lowest BCUT2D eigenvalue weighted by molar-refractivity contribution is -0.122. The molecule has 0 aromatic heterocycles. The van der Waals surface area contributed by atoms with E-state index in [1.165, 1.54) is 0 Å². The van der Waals surface area contributed by atoms with Gasteiger partial charge >= 0.3 is 0 Å². The second kappa shape index (κ2) is 8.13. The summed E-state index contributed by atoms with van der Waals surface area (Å²) in [6.07, 6.45) is 4.82. The van der Waals surface area contributed by atoms with Crippen molar-refractivity contribution in [2.45, 2.75) is 44.4 Å². The summed E-state index contributed by atoms with van der Waals surface area (Å²) in [4.78, 5) is 25.2. The van der Waals surface area contributed by atoms with E-state index < -0.39 is 5.41 Å². The summed E-state index contributed by atoms with van der Waals surface area (Å²) in [5.41, 5.74) is 2.60. The van der Waals surface area contributed by atoms with Crippen LogP contribution in [0.4, 0.5) is 5.69 Å². The predicted molar refractivity (Wildman–Crippen MR) is 109 cm³/mol.